The summed E-state index contributed by atoms with van der Waals surface area (Å²) in [6.45, 7) is 5.75. The number of aromatic nitrogens is 1. The molecule has 0 saturated heterocycles. The van der Waals surface area contributed by atoms with Crippen LogP contribution < -0.4 is 0 Å². The Morgan fingerprint density at radius 1 is 1.50 bits per heavy atom. The summed E-state index contributed by atoms with van der Waals surface area (Å²) in [5.41, 5.74) is 0.0826. The van der Waals surface area contributed by atoms with Crippen LogP contribution in [0.25, 0.3) is 0 Å². The molecule has 0 aliphatic rings. The fourth-order valence-corrected chi connectivity index (χ4v) is 1.06. The highest BCUT2D eigenvalue weighted by molar-refractivity contribution is 5.08. The minimum atomic E-state index is -0.577. The van der Waals surface area contributed by atoms with Gasteiger partial charge in [-0.15, -0.1) is 0 Å². The first-order chi connectivity index (χ1) is 6.41. The molecule has 1 aromatic rings. The Kier molecular flexibility index (Phi) is 3.21. The van der Waals surface area contributed by atoms with Gasteiger partial charge in [-0.25, -0.2) is 4.39 Å². The molecule has 0 radical (unpaired) electrons. The number of pyridine rings is 1. The second-order valence-electron chi connectivity index (χ2n) is 4.52. The molecule has 1 rings (SSSR count). The maximum Gasteiger partial charge on any atom is 0.144 e. The third kappa shape index (κ3) is 2.77. The van der Waals surface area contributed by atoms with Gasteiger partial charge in [0.15, 0.2) is 0 Å². The van der Waals surface area contributed by atoms with E-state index < -0.39 is 6.10 Å². The number of aliphatic hydroxyl groups is 1. The van der Waals surface area contributed by atoms with Crippen molar-refractivity contribution >= 4 is 0 Å². The van der Waals surface area contributed by atoms with E-state index in [0.29, 0.717) is 5.69 Å². The number of aliphatic hydroxyl groups excluding tert-OH is 1. The summed E-state index contributed by atoms with van der Waals surface area (Å²) in [5, 5.41) is 9.76. The van der Waals surface area contributed by atoms with Crippen molar-refractivity contribution in [2.45, 2.75) is 33.3 Å². The predicted octanol–water partition coefficient (Wildman–Crippen LogP) is 2.17. The molecular weight excluding hydrogens is 181 g/mol. The van der Waals surface area contributed by atoms with E-state index in [1.807, 2.05) is 20.8 Å². The lowest BCUT2D eigenvalue weighted by Crippen LogP contribution is -2.28. The largest absolute Gasteiger partial charge is 0.392 e. The smallest absolute Gasteiger partial charge is 0.144 e. The molecule has 3 heteroatoms. The van der Waals surface area contributed by atoms with Crippen molar-refractivity contribution in [1.29, 1.82) is 0 Å². The highest BCUT2D eigenvalue weighted by Crippen LogP contribution is 2.22. The van der Waals surface area contributed by atoms with Gasteiger partial charge in [0.1, 0.15) is 5.82 Å². The average molecular weight is 197 g/mol. The summed E-state index contributed by atoms with van der Waals surface area (Å²) in [5.74, 6) is -0.351. The predicted molar refractivity (Wildman–Crippen MR) is 53.4 cm³/mol. The van der Waals surface area contributed by atoms with Crippen molar-refractivity contribution in [1.82, 2.24) is 4.98 Å². The zero-order chi connectivity index (χ0) is 10.8. The molecule has 0 saturated carbocycles. The standard InChI is InChI=1S/C11H16FNO/c1-11(2,3)10(14)7-9-8(12)5-4-6-13-9/h4-6,10,14H,7H2,1-3H3. The Morgan fingerprint density at radius 2 is 2.14 bits per heavy atom. The Labute approximate surface area is 83.8 Å². The van der Waals surface area contributed by atoms with Gasteiger partial charge in [-0.1, -0.05) is 20.8 Å². The van der Waals surface area contributed by atoms with Crippen LogP contribution >= 0.6 is 0 Å². The lowest BCUT2D eigenvalue weighted by Gasteiger charge is -2.25. The van der Waals surface area contributed by atoms with Crippen LogP contribution in [0, 0.1) is 11.2 Å². The van der Waals surface area contributed by atoms with Crippen LogP contribution in [0.2, 0.25) is 0 Å². The minimum Gasteiger partial charge on any atom is -0.392 e. The van der Waals surface area contributed by atoms with Crippen LogP contribution in [0.4, 0.5) is 4.39 Å². The first kappa shape index (κ1) is 11.1. The minimum absolute atomic E-state index is 0.246. The van der Waals surface area contributed by atoms with Gasteiger partial charge in [-0.2, -0.15) is 0 Å². The summed E-state index contributed by atoms with van der Waals surface area (Å²) in [6, 6.07) is 2.90. The first-order valence-corrected chi connectivity index (χ1v) is 4.68. The van der Waals surface area contributed by atoms with Gasteiger partial charge in [0, 0.05) is 12.6 Å². The molecule has 14 heavy (non-hydrogen) atoms. The number of rotatable bonds is 2. The Hall–Kier alpha value is -0.960. The van der Waals surface area contributed by atoms with E-state index >= 15 is 0 Å². The van der Waals surface area contributed by atoms with Crippen LogP contribution in [-0.2, 0) is 6.42 Å². The van der Waals surface area contributed by atoms with Crippen molar-refractivity contribution in [3.63, 3.8) is 0 Å². The van der Waals surface area contributed by atoms with Gasteiger partial charge >= 0.3 is 0 Å². The van der Waals surface area contributed by atoms with Gasteiger partial charge in [0.05, 0.1) is 11.8 Å². The van der Waals surface area contributed by atoms with E-state index in [9.17, 15) is 9.50 Å². The molecule has 1 atom stereocenters. The molecule has 0 aromatic carbocycles. The fraction of sp³-hybridized carbons (Fsp3) is 0.545. The lowest BCUT2D eigenvalue weighted by atomic mass is 9.86. The van der Waals surface area contributed by atoms with Crippen molar-refractivity contribution in [2.75, 3.05) is 0 Å². The van der Waals surface area contributed by atoms with Gasteiger partial charge in [0.25, 0.3) is 0 Å². The molecule has 0 aliphatic carbocycles. The molecule has 0 amide bonds. The molecule has 78 valence electrons. The van der Waals surface area contributed by atoms with E-state index in [-0.39, 0.29) is 17.7 Å². The molecule has 0 spiro atoms. The maximum atomic E-state index is 13.2. The molecule has 2 nitrogen and oxygen atoms in total. The fourth-order valence-electron chi connectivity index (χ4n) is 1.06. The maximum absolute atomic E-state index is 13.2. The van der Waals surface area contributed by atoms with Crippen LogP contribution in [0.1, 0.15) is 26.5 Å². The number of nitrogens with zero attached hydrogens (tertiary/aromatic N) is 1. The highest BCUT2D eigenvalue weighted by atomic mass is 19.1. The molecule has 0 aliphatic heterocycles. The van der Waals surface area contributed by atoms with Crippen molar-refractivity contribution in [3.8, 4) is 0 Å². The molecule has 1 aromatic heterocycles. The van der Waals surface area contributed by atoms with Crippen molar-refractivity contribution < 1.29 is 9.50 Å². The van der Waals surface area contributed by atoms with Gasteiger partial charge < -0.3 is 5.11 Å². The molecule has 1 unspecified atom stereocenters. The summed E-state index contributed by atoms with van der Waals surface area (Å²) < 4.78 is 13.2. The van der Waals surface area contributed by atoms with Crippen LogP contribution in [0.5, 0.6) is 0 Å². The average Bonchev–Trinajstić information content (AvgIpc) is 2.07. The quantitative estimate of drug-likeness (QED) is 0.788. The number of hydrogen-bond acceptors (Lipinski definition) is 2. The molecule has 1 N–H and O–H groups in total. The van der Waals surface area contributed by atoms with Crippen LogP contribution in [0.15, 0.2) is 18.3 Å². The Morgan fingerprint density at radius 3 is 2.64 bits per heavy atom. The Balaban J connectivity index is 2.75. The molecule has 0 fully saturated rings. The molecule has 0 bridgehead atoms. The molecular formula is C11H16FNO. The topological polar surface area (TPSA) is 33.1 Å². The second-order valence-corrected chi connectivity index (χ2v) is 4.52. The zero-order valence-corrected chi connectivity index (χ0v) is 8.79. The summed E-state index contributed by atoms with van der Waals surface area (Å²) in [6.07, 6.45) is 1.22. The summed E-state index contributed by atoms with van der Waals surface area (Å²) in [4.78, 5) is 3.90. The van der Waals surface area contributed by atoms with Gasteiger partial charge in [-0.3, -0.25) is 4.98 Å². The van der Waals surface area contributed by atoms with Gasteiger partial charge in [0.2, 0.25) is 0 Å². The van der Waals surface area contributed by atoms with Crippen molar-refractivity contribution in [2.24, 2.45) is 5.41 Å². The first-order valence-electron chi connectivity index (χ1n) is 4.68. The van der Waals surface area contributed by atoms with E-state index in [1.54, 1.807) is 6.07 Å². The Bertz CT molecular complexity index is 306. The number of hydrogen-bond donors (Lipinski definition) is 1. The summed E-state index contributed by atoms with van der Waals surface area (Å²) in [7, 11) is 0. The monoisotopic (exact) mass is 197 g/mol. The normalized spacial score (nSPS) is 14.1. The summed E-state index contributed by atoms with van der Waals surface area (Å²) >= 11 is 0. The number of halogens is 1. The highest BCUT2D eigenvalue weighted by Gasteiger charge is 2.23. The van der Waals surface area contributed by atoms with E-state index in [1.165, 1.54) is 12.3 Å². The van der Waals surface area contributed by atoms with E-state index in [0.717, 1.165) is 0 Å². The second kappa shape index (κ2) is 4.05. The SMILES string of the molecule is CC(C)(C)C(O)Cc1ncccc1F. The lowest BCUT2D eigenvalue weighted by molar-refractivity contribution is 0.0619. The van der Waals surface area contributed by atoms with E-state index in [4.69, 9.17) is 0 Å². The van der Waals surface area contributed by atoms with Crippen LogP contribution in [-0.4, -0.2) is 16.2 Å². The third-order valence-corrected chi connectivity index (χ3v) is 2.22. The van der Waals surface area contributed by atoms with Crippen LogP contribution in [0.3, 0.4) is 0 Å². The third-order valence-electron chi connectivity index (χ3n) is 2.22. The van der Waals surface area contributed by atoms with Crippen molar-refractivity contribution in [3.05, 3.63) is 29.8 Å². The zero-order valence-electron chi connectivity index (χ0n) is 8.79. The van der Waals surface area contributed by atoms with Gasteiger partial charge in [-0.05, 0) is 17.5 Å². The molecule has 1 heterocycles. The van der Waals surface area contributed by atoms with E-state index in [2.05, 4.69) is 4.98 Å².